The van der Waals surface area contributed by atoms with Crippen molar-refractivity contribution in [3.8, 4) is 5.75 Å². The Morgan fingerprint density at radius 3 is 2.36 bits per heavy atom. The van der Waals surface area contributed by atoms with Crippen molar-refractivity contribution in [1.29, 1.82) is 0 Å². The molecule has 2 aromatic carbocycles. The largest absolute Gasteiger partial charge is 0.497 e. The molecule has 0 radical (unpaired) electrons. The molecule has 0 aliphatic heterocycles. The zero-order valence-corrected chi connectivity index (χ0v) is 13.1. The molecule has 0 unspecified atom stereocenters. The molecule has 110 valence electrons. The molecular formula is C17H14N2O2S. The number of thioether (sulfide) groups is 1. The van der Waals surface area contributed by atoms with Crippen LogP contribution in [0.2, 0.25) is 0 Å². The fourth-order valence-corrected chi connectivity index (χ4v) is 2.96. The number of fused-ring (bicyclic) bond motifs is 1. The van der Waals surface area contributed by atoms with Crippen LogP contribution in [-0.4, -0.2) is 22.4 Å². The van der Waals surface area contributed by atoms with Gasteiger partial charge in [-0.2, -0.15) is 5.10 Å². The summed E-state index contributed by atoms with van der Waals surface area (Å²) in [6.07, 6.45) is 0. The van der Waals surface area contributed by atoms with Crippen LogP contribution in [0.25, 0.3) is 10.8 Å². The van der Waals surface area contributed by atoms with Gasteiger partial charge in [-0.1, -0.05) is 24.3 Å². The number of benzene rings is 2. The minimum atomic E-state index is -0.0639. The summed E-state index contributed by atoms with van der Waals surface area (Å²) in [6.45, 7) is 1.91. The molecule has 0 bridgehead atoms. The van der Waals surface area contributed by atoms with Crippen LogP contribution < -0.4 is 4.74 Å². The molecule has 0 aliphatic rings. The first kappa shape index (κ1) is 14.5. The van der Waals surface area contributed by atoms with E-state index in [9.17, 15) is 4.79 Å². The average molecular weight is 310 g/mol. The van der Waals surface area contributed by atoms with Gasteiger partial charge in [0.2, 0.25) is 5.12 Å². The minimum absolute atomic E-state index is 0.0639. The van der Waals surface area contributed by atoms with E-state index in [1.165, 1.54) is 0 Å². The van der Waals surface area contributed by atoms with Crippen LogP contribution in [0.15, 0.2) is 53.6 Å². The summed E-state index contributed by atoms with van der Waals surface area (Å²) in [5.74, 6) is 0.724. The lowest BCUT2D eigenvalue weighted by atomic mass is 10.1. The van der Waals surface area contributed by atoms with Crippen LogP contribution in [0.5, 0.6) is 5.75 Å². The molecule has 0 aliphatic carbocycles. The maximum absolute atomic E-state index is 12.4. The lowest BCUT2D eigenvalue weighted by molar-refractivity contribution is 0.108. The molecule has 4 nitrogen and oxygen atoms in total. The molecule has 0 fully saturated rings. The standard InChI is InChI=1S/C17H14N2O2S/c1-11-14-5-3-4-6-15(14)16(19-18-11)22-17(20)12-7-9-13(21-2)10-8-12/h3-10H,1-2H3. The van der Waals surface area contributed by atoms with E-state index in [1.807, 2.05) is 31.2 Å². The molecule has 0 spiro atoms. The zero-order chi connectivity index (χ0) is 15.5. The van der Waals surface area contributed by atoms with Crippen molar-refractivity contribution in [2.24, 2.45) is 0 Å². The van der Waals surface area contributed by atoms with Gasteiger partial charge in [-0.25, -0.2) is 0 Å². The Kier molecular flexibility index (Phi) is 4.06. The number of methoxy groups -OCH3 is 1. The number of carbonyl (C=O) groups excluding carboxylic acids is 1. The predicted molar refractivity (Wildman–Crippen MR) is 87.5 cm³/mol. The van der Waals surface area contributed by atoms with Crippen molar-refractivity contribution in [1.82, 2.24) is 10.2 Å². The molecule has 22 heavy (non-hydrogen) atoms. The van der Waals surface area contributed by atoms with Crippen molar-refractivity contribution < 1.29 is 9.53 Å². The van der Waals surface area contributed by atoms with E-state index in [1.54, 1.807) is 31.4 Å². The fraction of sp³-hybridized carbons (Fsp3) is 0.118. The van der Waals surface area contributed by atoms with Gasteiger partial charge in [0.05, 0.1) is 12.8 Å². The van der Waals surface area contributed by atoms with Gasteiger partial charge in [0, 0.05) is 16.3 Å². The van der Waals surface area contributed by atoms with Gasteiger partial charge in [0.15, 0.2) is 0 Å². The van der Waals surface area contributed by atoms with E-state index in [2.05, 4.69) is 10.2 Å². The Morgan fingerprint density at radius 2 is 1.68 bits per heavy atom. The quantitative estimate of drug-likeness (QED) is 0.687. The molecule has 5 heteroatoms. The first-order valence-corrected chi connectivity index (χ1v) is 7.59. The summed E-state index contributed by atoms with van der Waals surface area (Å²) >= 11 is 1.10. The van der Waals surface area contributed by atoms with E-state index in [0.717, 1.165) is 34.0 Å². The first-order chi connectivity index (χ1) is 10.7. The average Bonchev–Trinajstić information content (AvgIpc) is 2.57. The molecule has 0 saturated carbocycles. The third-order valence-corrected chi connectivity index (χ3v) is 4.27. The van der Waals surface area contributed by atoms with Crippen molar-refractivity contribution in [2.75, 3.05) is 7.11 Å². The number of carbonyl (C=O) groups is 1. The highest BCUT2D eigenvalue weighted by Crippen LogP contribution is 2.29. The first-order valence-electron chi connectivity index (χ1n) is 6.77. The lowest BCUT2D eigenvalue weighted by Gasteiger charge is -2.06. The molecule has 1 aromatic heterocycles. The minimum Gasteiger partial charge on any atom is -0.497 e. The lowest BCUT2D eigenvalue weighted by Crippen LogP contribution is -1.98. The summed E-state index contributed by atoms with van der Waals surface area (Å²) in [5.41, 5.74) is 1.47. The summed E-state index contributed by atoms with van der Waals surface area (Å²) in [5, 5.41) is 10.8. The summed E-state index contributed by atoms with van der Waals surface area (Å²) in [6, 6.07) is 14.9. The SMILES string of the molecule is COc1ccc(C(=O)Sc2nnc(C)c3ccccc23)cc1. The normalized spacial score (nSPS) is 10.6. The highest BCUT2D eigenvalue weighted by molar-refractivity contribution is 8.14. The highest BCUT2D eigenvalue weighted by atomic mass is 32.2. The van der Waals surface area contributed by atoms with Crippen molar-refractivity contribution in [3.05, 3.63) is 59.8 Å². The third-order valence-electron chi connectivity index (χ3n) is 3.35. The molecular weight excluding hydrogens is 296 g/mol. The second-order valence-corrected chi connectivity index (χ2v) is 5.72. The smallest absolute Gasteiger partial charge is 0.225 e. The third kappa shape index (κ3) is 2.80. The maximum atomic E-state index is 12.4. The Labute approximate surface area is 132 Å². The highest BCUT2D eigenvalue weighted by Gasteiger charge is 2.13. The molecule has 1 heterocycles. The van der Waals surface area contributed by atoms with E-state index in [4.69, 9.17) is 4.74 Å². The van der Waals surface area contributed by atoms with E-state index < -0.39 is 0 Å². The summed E-state index contributed by atoms with van der Waals surface area (Å²) in [7, 11) is 1.60. The van der Waals surface area contributed by atoms with Crippen LogP contribution in [-0.2, 0) is 0 Å². The number of ether oxygens (including phenoxy) is 1. The Morgan fingerprint density at radius 1 is 1.00 bits per heavy atom. The number of aromatic nitrogens is 2. The number of hydrogen-bond acceptors (Lipinski definition) is 5. The van der Waals surface area contributed by atoms with Gasteiger partial charge in [-0.3, -0.25) is 4.79 Å². The Bertz CT molecular complexity index is 832. The molecule has 0 amide bonds. The molecule has 3 rings (SSSR count). The molecule has 0 saturated heterocycles. The van der Waals surface area contributed by atoms with Crippen LogP contribution >= 0.6 is 11.8 Å². The van der Waals surface area contributed by atoms with Gasteiger partial charge < -0.3 is 4.74 Å². The summed E-state index contributed by atoms with van der Waals surface area (Å²) in [4.78, 5) is 12.4. The zero-order valence-electron chi connectivity index (χ0n) is 12.2. The molecule has 3 aromatic rings. The van der Waals surface area contributed by atoms with Crippen molar-refractivity contribution in [3.63, 3.8) is 0 Å². The predicted octanol–water partition coefficient (Wildman–Crippen LogP) is 3.88. The van der Waals surface area contributed by atoms with Gasteiger partial charge in [-0.05, 0) is 43.0 Å². The van der Waals surface area contributed by atoms with Gasteiger partial charge in [0.25, 0.3) is 0 Å². The Hall–Kier alpha value is -2.40. The van der Waals surface area contributed by atoms with Crippen molar-refractivity contribution >= 4 is 27.6 Å². The maximum Gasteiger partial charge on any atom is 0.225 e. The fourth-order valence-electron chi connectivity index (χ4n) is 2.16. The number of rotatable bonds is 3. The monoisotopic (exact) mass is 310 g/mol. The number of aryl methyl sites for hydroxylation is 1. The van der Waals surface area contributed by atoms with Crippen LogP contribution in [0.4, 0.5) is 0 Å². The number of nitrogens with zero attached hydrogens (tertiary/aromatic N) is 2. The number of hydrogen-bond donors (Lipinski definition) is 0. The van der Waals surface area contributed by atoms with Crippen LogP contribution in [0.1, 0.15) is 16.1 Å². The molecule has 0 atom stereocenters. The van der Waals surface area contributed by atoms with Crippen molar-refractivity contribution in [2.45, 2.75) is 11.9 Å². The Balaban J connectivity index is 1.92. The van der Waals surface area contributed by atoms with Gasteiger partial charge in [0.1, 0.15) is 10.8 Å². The van der Waals surface area contributed by atoms with E-state index >= 15 is 0 Å². The molecule has 0 N–H and O–H groups in total. The van der Waals surface area contributed by atoms with E-state index in [-0.39, 0.29) is 5.12 Å². The summed E-state index contributed by atoms with van der Waals surface area (Å²) < 4.78 is 5.10. The second kappa shape index (κ2) is 6.15. The van der Waals surface area contributed by atoms with Crippen LogP contribution in [0, 0.1) is 6.92 Å². The van der Waals surface area contributed by atoms with Gasteiger partial charge >= 0.3 is 0 Å². The van der Waals surface area contributed by atoms with Crippen LogP contribution in [0.3, 0.4) is 0 Å². The van der Waals surface area contributed by atoms with E-state index in [0.29, 0.717) is 10.6 Å². The topological polar surface area (TPSA) is 52.1 Å². The second-order valence-electron chi connectivity index (χ2n) is 4.75. The van der Waals surface area contributed by atoms with Gasteiger partial charge in [-0.15, -0.1) is 5.10 Å².